The maximum Gasteiger partial charge on any atom is 0.323 e. The molecule has 0 spiro atoms. The van der Waals surface area contributed by atoms with Gasteiger partial charge >= 0.3 is 5.97 Å². The fourth-order valence-corrected chi connectivity index (χ4v) is 2.61. The van der Waals surface area contributed by atoms with Crippen LogP contribution in [0.25, 0.3) is 0 Å². The van der Waals surface area contributed by atoms with Crippen LogP contribution in [0, 0.1) is 0 Å². The minimum absolute atomic E-state index is 0.0641. The first-order valence-corrected chi connectivity index (χ1v) is 7.17. The summed E-state index contributed by atoms with van der Waals surface area (Å²) in [6, 6.07) is -0.130. The molecular weight excluding hydrogens is 276 g/mol. The van der Waals surface area contributed by atoms with E-state index in [1.807, 2.05) is 0 Å². The van der Waals surface area contributed by atoms with E-state index in [0.29, 0.717) is 25.9 Å². The second kappa shape index (κ2) is 7.97. The van der Waals surface area contributed by atoms with Crippen molar-refractivity contribution in [2.24, 2.45) is 0 Å². The van der Waals surface area contributed by atoms with Crippen molar-refractivity contribution in [3.8, 4) is 0 Å². The van der Waals surface area contributed by atoms with Gasteiger partial charge in [0.2, 0.25) is 5.91 Å². The fraction of sp³-hybridized carbons (Fsp3) is 0.786. The molecule has 0 unspecified atom stereocenters. The van der Waals surface area contributed by atoms with E-state index in [1.165, 1.54) is 18.9 Å². The molecule has 0 aromatic heterocycles. The van der Waals surface area contributed by atoms with Gasteiger partial charge in [0.25, 0.3) is 5.91 Å². The third-order valence-electron chi connectivity index (χ3n) is 3.86. The molecule has 120 valence electrons. The zero-order chi connectivity index (χ0) is 16.0. The van der Waals surface area contributed by atoms with Crippen LogP contribution in [0.2, 0.25) is 0 Å². The summed E-state index contributed by atoms with van der Waals surface area (Å²) in [5.41, 5.74) is 0. The lowest BCUT2D eigenvalue weighted by atomic mass is 10.1. The van der Waals surface area contributed by atoms with Gasteiger partial charge in [-0.05, 0) is 26.2 Å². The summed E-state index contributed by atoms with van der Waals surface area (Å²) in [5.74, 6) is -1.33. The van der Waals surface area contributed by atoms with E-state index in [4.69, 9.17) is 9.84 Å². The van der Waals surface area contributed by atoms with Gasteiger partial charge in [0.15, 0.2) is 0 Å². The van der Waals surface area contributed by atoms with Crippen LogP contribution < -0.4 is 0 Å². The number of methoxy groups -OCH3 is 1. The summed E-state index contributed by atoms with van der Waals surface area (Å²) in [5, 5.41) is 8.90. The number of carbonyl (C=O) groups excluding carboxylic acids is 2. The van der Waals surface area contributed by atoms with Crippen LogP contribution in [-0.2, 0) is 19.1 Å². The van der Waals surface area contributed by atoms with E-state index in [2.05, 4.69) is 0 Å². The molecule has 0 radical (unpaired) electrons. The quantitative estimate of drug-likeness (QED) is 0.791. The molecule has 0 saturated carbocycles. The van der Waals surface area contributed by atoms with Gasteiger partial charge in [-0.15, -0.1) is 0 Å². The van der Waals surface area contributed by atoms with Crippen molar-refractivity contribution in [1.29, 1.82) is 0 Å². The zero-order valence-electron chi connectivity index (χ0n) is 12.9. The molecule has 1 rings (SSSR count). The van der Waals surface area contributed by atoms with Crippen LogP contribution in [0.4, 0.5) is 0 Å². The van der Waals surface area contributed by atoms with Gasteiger partial charge in [-0.1, -0.05) is 0 Å². The Morgan fingerprint density at radius 1 is 1.33 bits per heavy atom. The lowest BCUT2D eigenvalue weighted by molar-refractivity contribution is -0.145. The Kier molecular flexibility index (Phi) is 6.61. The Morgan fingerprint density at radius 3 is 2.52 bits per heavy atom. The summed E-state index contributed by atoms with van der Waals surface area (Å²) < 4.78 is 5.04. The molecule has 2 amide bonds. The average molecular weight is 300 g/mol. The van der Waals surface area contributed by atoms with E-state index in [1.54, 1.807) is 11.8 Å². The highest BCUT2D eigenvalue weighted by Gasteiger charge is 2.28. The average Bonchev–Trinajstić information content (AvgIpc) is 2.68. The molecule has 21 heavy (non-hydrogen) atoms. The lowest BCUT2D eigenvalue weighted by Gasteiger charge is -2.29. The summed E-state index contributed by atoms with van der Waals surface area (Å²) >= 11 is 0. The Balaban J connectivity index is 2.68. The summed E-state index contributed by atoms with van der Waals surface area (Å²) in [6.45, 7) is 3.92. The molecule has 7 heteroatoms. The van der Waals surface area contributed by atoms with Gasteiger partial charge in [-0.2, -0.15) is 0 Å². The molecule has 1 fully saturated rings. The first-order valence-electron chi connectivity index (χ1n) is 7.17. The van der Waals surface area contributed by atoms with Crippen molar-refractivity contribution in [2.75, 3.05) is 26.7 Å². The number of carboxylic acids is 1. The van der Waals surface area contributed by atoms with Gasteiger partial charge in [0.1, 0.15) is 12.6 Å². The molecule has 1 N–H and O–H groups in total. The number of rotatable bonds is 5. The molecule has 1 aliphatic heterocycles. The topological polar surface area (TPSA) is 87.2 Å². The molecule has 0 aromatic carbocycles. The van der Waals surface area contributed by atoms with E-state index in [0.717, 1.165) is 6.42 Å². The number of carboxylic acid groups (broad SMARTS) is 1. The Hall–Kier alpha value is -1.63. The highest BCUT2D eigenvalue weighted by molar-refractivity contribution is 5.81. The Labute approximate surface area is 124 Å². The zero-order valence-corrected chi connectivity index (χ0v) is 12.9. The number of ether oxygens (including phenoxy) is 1. The van der Waals surface area contributed by atoms with Crippen molar-refractivity contribution in [3.63, 3.8) is 0 Å². The molecule has 0 aliphatic carbocycles. The van der Waals surface area contributed by atoms with Gasteiger partial charge in [0, 0.05) is 33.2 Å². The highest BCUT2D eigenvalue weighted by Crippen LogP contribution is 2.18. The van der Waals surface area contributed by atoms with Crippen molar-refractivity contribution < 1.29 is 24.2 Å². The molecule has 2 atom stereocenters. The number of amides is 2. The smallest absolute Gasteiger partial charge is 0.323 e. The second-order valence-corrected chi connectivity index (χ2v) is 5.33. The fourth-order valence-electron chi connectivity index (χ4n) is 2.61. The second-order valence-electron chi connectivity index (χ2n) is 5.33. The number of carbonyl (C=O) groups is 3. The molecule has 0 bridgehead atoms. The maximum absolute atomic E-state index is 12.1. The predicted molar refractivity (Wildman–Crippen MR) is 75.7 cm³/mol. The van der Waals surface area contributed by atoms with Crippen LogP contribution in [0.15, 0.2) is 0 Å². The van der Waals surface area contributed by atoms with Crippen LogP contribution >= 0.6 is 0 Å². The van der Waals surface area contributed by atoms with Crippen molar-refractivity contribution in [2.45, 2.75) is 45.3 Å². The summed E-state index contributed by atoms with van der Waals surface area (Å²) in [4.78, 5) is 37.7. The lowest BCUT2D eigenvalue weighted by Crippen LogP contribution is -2.43. The highest BCUT2D eigenvalue weighted by atomic mass is 16.5. The van der Waals surface area contributed by atoms with E-state index < -0.39 is 12.1 Å². The number of nitrogens with zero attached hydrogens (tertiary/aromatic N) is 2. The van der Waals surface area contributed by atoms with Crippen molar-refractivity contribution in [1.82, 2.24) is 9.80 Å². The van der Waals surface area contributed by atoms with E-state index in [9.17, 15) is 14.4 Å². The largest absolute Gasteiger partial charge is 0.480 e. The number of aliphatic carboxylic acids is 1. The van der Waals surface area contributed by atoms with Crippen molar-refractivity contribution >= 4 is 17.8 Å². The monoisotopic (exact) mass is 300 g/mol. The van der Waals surface area contributed by atoms with Crippen LogP contribution in [0.1, 0.15) is 33.1 Å². The first-order chi connectivity index (χ1) is 9.86. The minimum atomic E-state index is -1.02. The van der Waals surface area contributed by atoms with Crippen molar-refractivity contribution in [3.05, 3.63) is 0 Å². The maximum atomic E-state index is 12.1. The molecule has 0 aromatic rings. The first kappa shape index (κ1) is 17.4. The molecule has 1 heterocycles. The number of likely N-dealkylation sites (tertiary alicyclic amines) is 1. The van der Waals surface area contributed by atoms with Gasteiger partial charge in [-0.3, -0.25) is 14.4 Å². The third-order valence-corrected chi connectivity index (χ3v) is 3.86. The Morgan fingerprint density at radius 2 is 2.00 bits per heavy atom. The predicted octanol–water partition coefficient (Wildman–Crippen LogP) is 0.336. The van der Waals surface area contributed by atoms with Crippen LogP contribution in [-0.4, -0.2) is 71.6 Å². The summed E-state index contributed by atoms with van der Waals surface area (Å²) in [7, 11) is 1.49. The Bertz CT molecular complexity index is 399. The number of hydrogen-bond donors (Lipinski definition) is 1. The van der Waals surface area contributed by atoms with E-state index >= 15 is 0 Å². The van der Waals surface area contributed by atoms with Gasteiger partial charge < -0.3 is 19.6 Å². The SMILES string of the molecule is CO[C@H](C)C(=O)N1CCC[C@H](N(CC(=O)O)C(C)=O)CC1. The summed E-state index contributed by atoms with van der Waals surface area (Å²) in [6.07, 6.45) is 1.56. The molecule has 1 saturated heterocycles. The van der Waals surface area contributed by atoms with E-state index in [-0.39, 0.29) is 24.4 Å². The molecule has 1 aliphatic rings. The third kappa shape index (κ3) is 5.00. The minimum Gasteiger partial charge on any atom is -0.480 e. The molecule has 7 nitrogen and oxygen atoms in total. The standard InChI is InChI=1S/C14H24N2O5/c1-10(21-3)14(20)15-7-4-5-12(6-8-15)16(11(2)17)9-13(18)19/h10,12H,4-9H2,1-3H3,(H,18,19)/t10-,12+/m1/s1. The van der Waals surface area contributed by atoms with Gasteiger partial charge in [-0.25, -0.2) is 0 Å². The normalized spacial score (nSPS) is 20.5. The molecular formula is C14H24N2O5. The van der Waals surface area contributed by atoms with Crippen LogP contribution in [0.3, 0.4) is 0 Å². The van der Waals surface area contributed by atoms with Gasteiger partial charge in [0.05, 0.1) is 0 Å². The number of hydrogen-bond acceptors (Lipinski definition) is 4. The van der Waals surface area contributed by atoms with Crippen LogP contribution in [0.5, 0.6) is 0 Å².